The Kier molecular flexibility index (Phi) is 6.69. The Balaban J connectivity index is 2.32. The second-order valence-electron chi connectivity index (χ2n) is 4.73. The third kappa shape index (κ3) is 4.97. The van der Waals surface area contributed by atoms with Crippen LogP contribution in [0.5, 0.6) is 0 Å². The topological polar surface area (TPSA) is 46.6 Å². The summed E-state index contributed by atoms with van der Waals surface area (Å²) in [6.45, 7) is 4.24. The van der Waals surface area contributed by atoms with Crippen molar-refractivity contribution in [3.63, 3.8) is 0 Å². The fourth-order valence-electron chi connectivity index (χ4n) is 2.09. The SMILES string of the molecule is C#CCOCC1CCN(S(=O)(=O)CCCC)CC1. The number of nitrogens with zero attached hydrogens (tertiary/aromatic N) is 1. The van der Waals surface area contributed by atoms with Crippen LogP contribution in [0.15, 0.2) is 0 Å². The first kappa shape index (κ1) is 15.5. The van der Waals surface area contributed by atoms with Crippen LogP contribution in [0, 0.1) is 18.3 Å². The zero-order chi connectivity index (χ0) is 13.4. The summed E-state index contributed by atoms with van der Waals surface area (Å²) in [5.74, 6) is 3.16. The van der Waals surface area contributed by atoms with Crippen molar-refractivity contribution in [3.8, 4) is 12.3 Å². The third-order valence-corrected chi connectivity index (χ3v) is 5.22. The lowest BCUT2D eigenvalue weighted by molar-refractivity contribution is 0.101. The predicted octanol–water partition coefficient (Wildman–Crippen LogP) is 1.48. The first-order chi connectivity index (χ1) is 8.60. The van der Waals surface area contributed by atoms with Crippen molar-refractivity contribution in [1.82, 2.24) is 4.31 Å². The average molecular weight is 273 g/mol. The fourth-order valence-corrected chi connectivity index (χ4v) is 3.77. The van der Waals surface area contributed by atoms with E-state index < -0.39 is 10.0 Å². The molecule has 1 saturated heterocycles. The van der Waals surface area contributed by atoms with Crippen LogP contribution in [-0.4, -0.2) is 44.8 Å². The molecule has 1 aliphatic heterocycles. The summed E-state index contributed by atoms with van der Waals surface area (Å²) >= 11 is 0. The molecule has 1 rings (SSSR count). The number of sulfonamides is 1. The molecular weight excluding hydrogens is 250 g/mol. The van der Waals surface area contributed by atoms with Crippen LogP contribution in [0.4, 0.5) is 0 Å². The first-order valence-electron chi connectivity index (χ1n) is 6.59. The number of hydrogen-bond donors (Lipinski definition) is 0. The monoisotopic (exact) mass is 273 g/mol. The van der Waals surface area contributed by atoms with Gasteiger partial charge in [-0.3, -0.25) is 0 Å². The molecule has 104 valence electrons. The van der Waals surface area contributed by atoms with E-state index in [-0.39, 0.29) is 5.75 Å². The molecule has 1 fully saturated rings. The van der Waals surface area contributed by atoms with Crippen LogP contribution >= 0.6 is 0 Å². The molecule has 0 radical (unpaired) electrons. The van der Waals surface area contributed by atoms with E-state index in [0.717, 1.165) is 25.7 Å². The molecule has 0 atom stereocenters. The quantitative estimate of drug-likeness (QED) is 0.521. The van der Waals surface area contributed by atoms with E-state index in [4.69, 9.17) is 11.2 Å². The van der Waals surface area contributed by atoms with Crippen LogP contribution in [0.1, 0.15) is 32.6 Å². The van der Waals surface area contributed by atoms with Gasteiger partial charge < -0.3 is 4.74 Å². The Morgan fingerprint density at radius 3 is 2.61 bits per heavy atom. The number of piperidine rings is 1. The average Bonchev–Trinajstić information content (AvgIpc) is 2.37. The summed E-state index contributed by atoms with van der Waals surface area (Å²) in [7, 11) is -3.03. The number of rotatable bonds is 7. The van der Waals surface area contributed by atoms with E-state index in [1.165, 1.54) is 0 Å². The summed E-state index contributed by atoms with van der Waals surface area (Å²) in [6, 6.07) is 0. The highest BCUT2D eigenvalue weighted by Crippen LogP contribution is 2.20. The van der Waals surface area contributed by atoms with Crippen LogP contribution < -0.4 is 0 Å². The second kappa shape index (κ2) is 7.78. The summed E-state index contributed by atoms with van der Waals surface area (Å²) < 4.78 is 30.9. The molecular formula is C13H23NO3S. The van der Waals surface area contributed by atoms with Gasteiger partial charge in [-0.05, 0) is 25.2 Å². The minimum absolute atomic E-state index is 0.280. The third-order valence-electron chi connectivity index (χ3n) is 3.26. The Morgan fingerprint density at radius 1 is 1.39 bits per heavy atom. The van der Waals surface area contributed by atoms with E-state index in [9.17, 15) is 8.42 Å². The van der Waals surface area contributed by atoms with Crippen molar-refractivity contribution in [1.29, 1.82) is 0 Å². The van der Waals surface area contributed by atoms with Crippen LogP contribution in [0.25, 0.3) is 0 Å². The summed E-state index contributed by atoms with van der Waals surface area (Å²) in [6.07, 6.45) is 8.51. The molecule has 0 bridgehead atoms. The summed E-state index contributed by atoms with van der Waals surface area (Å²) in [5, 5.41) is 0. The zero-order valence-corrected chi connectivity index (χ0v) is 11.9. The standard InChI is InChI=1S/C13H23NO3S/c1-3-5-11-18(15,16)14-8-6-13(7-9-14)12-17-10-4-2/h2,13H,3,5-12H2,1H3. The maximum Gasteiger partial charge on any atom is 0.214 e. The first-order valence-corrected chi connectivity index (χ1v) is 8.20. The number of hydrogen-bond acceptors (Lipinski definition) is 3. The van der Waals surface area contributed by atoms with Gasteiger partial charge in [-0.15, -0.1) is 6.42 Å². The van der Waals surface area contributed by atoms with Crippen molar-refractivity contribution in [2.24, 2.45) is 5.92 Å². The van der Waals surface area contributed by atoms with Gasteiger partial charge in [-0.1, -0.05) is 19.3 Å². The molecule has 0 amide bonds. The molecule has 0 aromatic rings. The van der Waals surface area contributed by atoms with Crippen molar-refractivity contribution in [2.75, 3.05) is 32.1 Å². The molecule has 0 saturated carbocycles. The van der Waals surface area contributed by atoms with E-state index >= 15 is 0 Å². The van der Waals surface area contributed by atoms with Crippen molar-refractivity contribution >= 4 is 10.0 Å². The van der Waals surface area contributed by atoms with Gasteiger partial charge >= 0.3 is 0 Å². The molecule has 1 heterocycles. The number of ether oxygens (including phenoxy) is 1. The lowest BCUT2D eigenvalue weighted by Gasteiger charge is -2.30. The second-order valence-corrected chi connectivity index (χ2v) is 6.82. The molecule has 18 heavy (non-hydrogen) atoms. The minimum atomic E-state index is -3.03. The van der Waals surface area contributed by atoms with Gasteiger partial charge in [0.15, 0.2) is 0 Å². The molecule has 4 nitrogen and oxygen atoms in total. The Labute approximate surface area is 111 Å². The Bertz CT molecular complexity index is 364. The molecule has 0 aromatic heterocycles. The molecule has 0 spiro atoms. The maximum absolute atomic E-state index is 12.0. The zero-order valence-electron chi connectivity index (χ0n) is 11.1. The molecule has 0 N–H and O–H groups in total. The van der Waals surface area contributed by atoms with E-state index in [2.05, 4.69) is 5.92 Å². The molecule has 0 aliphatic carbocycles. The highest BCUT2D eigenvalue weighted by Gasteiger charge is 2.27. The number of terminal acetylenes is 1. The molecule has 1 aliphatic rings. The highest BCUT2D eigenvalue weighted by atomic mass is 32.2. The number of unbranched alkanes of at least 4 members (excludes halogenated alkanes) is 1. The van der Waals surface area contributed by atoms with Gasteiger partial charge in [-0.2, -0.15) is 0 Å². The Hall–Kier alpha value is -0.570. The van der Waals surface area contributed by atoms with E-state index in [1.807, 2.05) is 6.92 Å². The molecule has 0 aromatic carbocycles. The van der Waals surface area contributed by atoms with E-state index in [1.54, 1.807) is 4.31 Å². The van der Waals surface area contributed by atoms with Gasteiger partial charge in [-0.25, -0.2) is 12.7 Å². The van der Waals surface area contributed by atoms with Crippen LogP contribution in [0.3, 0.4) is 0 Å². The fraction of sp³-hybridized carbons (Fsp3) is 0.846. The highest BCUT2D eigenvalue weighted by molar-refractivity contribution is 7.89. The summed E-state index contributed by atoms with van der Waals surface area (Å²) in [5.41, 5.74) is 0. The van der Waals surface area contributed by atoms with Gasteiger partial charge in [0.2, 0.25) is 10.0 Å². The van der Waals surface area contributed by atoms with Gasteiger partial charge in [0.25, 0.3) is 0 Å². The minimum Gasteiger partial charge on any atom is -0.369 e. The molecule has 5 heteroatoms. The molecule has 0 unspecified atom stereocenters. The predicted molar refractivity (Wildman–Crippen MR) is 72.6 cm³/mol. The van der Waals surface area contributed by atoms with Crippen molar-refractivity contribution in [3.05, 3.63) is 0 Å². The van der Waals surface area contributed by atoms with Crippen molar-refractivity contribution in [2.45, 2.75) is 32.6 Å². The van der Waals surface area contributed by atoms with Gasteiger partial charge in [0.05, 0.1) is 12.4 Å². The normalized spacial score (nSPS) is 18.7. The smallest absolute Gasteiger partial charge is 0.214 e. The summed E-state index contributed by atoms with van der Waals surface area (Å²) in [4.78, 5) is 0. The van der Waals surface area contributed by atoms with Crippen LogP contribution in [0.2, 0.25) is 0 Å². The lowest BCUT2D eigenvalue weighted by atomic mass is 9.99. The Morgan fingerprint density at radius 2 is 2.06 bits per heavy atom. The van der Waals surface area contributed by atoms with Gasteiger partial charge in [0.1, 0.15) is 6.61 Å². The van der Waals surface area contributed by atoms with Crippen molar-refractivity contribution < 1.29 is 13.2 Å². The largest absolute Gasteiger partial charge is 0.369 e. The van der Waals surface area contributed by atoms with Gasteiger partial charge in [0, 0.05) is 13.1 Å². The maximum atomic E-state index is 12.0. The van der Waals surface area contributed by atoms with E-state index in [0.29, 0.717) is 32.2 Å². The van der Waals surface area contributed by atoms with Crippen LogP contribution in [-0.2, 0) is 14.8 Å². The lowest BCUT2D eigenvalue weighted by Crippen LogP contribution is -2.40.